The first-order valence-electron chi connectivity index (χ1n) is 4.46. The number of rotatable bonds is 3. The molecule has 0 aromatic carbocycles. The molecule has 0 bridgehead atoms. The minimum absolute atomic E-state index is 0.0819. The highest BCUT2D eigenvalue weighted by atomic mass is 16.5. The standard InChI is InChI=1S/C10H16N2O/c1-4-9(11)8-5-6-10(13-3)12-7(8)2/h5-6,9H,4,11H2,1-3H3/t9-/m1/s1. The Kier molecular flexibility index (Phi) is 3.25. The molecule has 1 atom stereocenters. The number of aryl methyl sites for hydroxylation is 1. The highest BCUT2D eigenvalue weighted by molar-refractivity contribution is 5.27. The largest absolute Gasteiger partial charge is 0.481 e. The van der Waals surface area contributed by atoms with E-state index < -0.39 is 0 Å². The summed E-state index contributed by atoms with van der Waals surface area (Å²) in [5.41, 5.74) is 7.96. The molecule has 0 aliphatic carbocycles. The maximum Gasteiger partial charge on any atom is 0.213 e. The van der Waals surface area contributed by atoms with Crippen LogP contribution in [-0.4, -0.2) is 12.1 Å². The van der Waals surface area contributed by atoms with Crippen LogP contribution in [0.3, 0.4) is 0 Å². The summed E-state index contributed by atoms with van der Waals surface area (Å²) in [4.78, 5) is 4.26. The molecule has 13 heavy (non-hydrogen) atoms. The molecule has 0 spiro atoms. The second-order valence-corrected chi connectivity index (χ2v) is 3.04. The van der Waals surface area contributed by atoms with Crippen LogP contribution >= 0.6 is 0 Å². The summed E-state index contributed by atoms with van der Waals surface area (Å²) in [6.45, 7) is 4.02. The van der Waals surface area contributed by atoms with Crippen LogP contribution in [0.15, 0.2) is 12.1 Å². The Hall–Kier alpha value is -1.09. The van der Waals surface area contributed by atoms with E-state index in [1.54, 1.807) is 7.11 Å². The summed E-state index contributed by atoms with van der Waals surface area (Å²) in [6, 6.07) is 3.91. The number of hydrogen-bond donors (Lipinski definition) is 1. The summed E-state index contributed by atoms with van der Waals surface area (Å²) in [5, 5.41) is 0. The molecule has 0 amide bonds. The van der Waals surface area contributed by atoms with Crippen molar-refractivity contribution < 1.29 is 4.74 Å². The molecule has 0 aliphatic heterocycles. The molecule has 1 heterocycles. The molecule has 2 N–H and O–H groups in total. The molecular weight excluding hydrogens is 164 g/mol. The number of nitrogens with zero attached hydrogens (tertiary/aromatic N) is 1. The molecule has 1 rings (SSSR count). The Morgan fingerprint density at radius 2 is 2.23 bits per heavy atom. The van der Waals surface area contributed by atoms with Gasteiger partial charge in [-0.05, 0) is 18.9 Å². The number of pyridine rings is 1. The van der Waals surface area contributed by atoms with Crippen molar-refractivity contribution in [3.63, 3.8) is 0 Å². The summed E-state index contributed by atoms with van der Waals surface area (Å²) in [7, 11) is 1.61. The molecule has 1 aromatic rings. The fourth-order valence-electron chi connectivity index (χ4n) is 1.27. The van der Waals surface area contributed by atoms with Crippen LogP contribution in [-0.2, 0) is 0 Å². The van der Waals surface area contributed by atoms with Gasteiger partial charge in [-0.3, -0.25) is 0 Å². The molecule has 0 radical (unpaired) electrons. The van der Waals surface area contributed by atoms with Crippen molar-refractivity contribution in [3.8, 4) is 5.88 Å². The number of methoxy groups -OCH3 is 1. The Balaban J connectivity index is 2.98. The zero-order chi connectivity index (χ0) is 9.84. The molecule has 1 aromatic heterocycles. The minimum Gasteiger partial charge on any atom is -0.481 e. The van der Waals surface area contributed by atoms with Crippen LogP contribution in [0.1, 0.15) is 30.6 Å². The number of nitrogens with two attached hydrogens (primary N) is 1. The molecule has 0 saturated heterocycles. The van der Waals surface area contributed by atoms with Gasteiger partial charge >= 0.3 is 0 Å². The van der Waals surface area contributed by atoms with Crippen molar-refractivity contribution in [1.82, 2.24) is 4.98 Å². The Morgan fingerprint density at radius 3 is 2.69 bits per heavy atom. The first-order chi connectivity index (χ1) is 6.19. The average molecular weight is 180 g/mol. The van der Waals surface area contributed by atoms with Crippen LogP contribution in [0.2, 0.25) is 0 Å². The Morgan fingerprint density at radius 1 is 1.54 bits per heavy atom. The van der Waals surface area contributed by atoms with Crippen molar-refractivity contribution in [1.29, 1.82) is 0 Å². The molecule has 3 nitrogen and oxygen atoms in total. The van der Waals surface area contributed by atoms with Gasteiger partial charge in [0.25, 0.3) is 0 Å². The van der Waals surface area contributed by atoms with Crippen molar-refractivity contribution in [2.45, 2.75) is 26.3 Å². The van der Waals surface area contributed by atoms with E-state index in [9.17, 15) is 0 Å². The summed E-state index contributed by atoms with van der Waals surface area (Å²) in [6.07, 6.45) is 0.925. The normalized spacial score (nSPS) is 12.6. The number of ether oxygens (including phenoxy) is 1. The van der Waals surface area contributed by atoms with Gasteiger partial charge in [0.05, 0.1) is 7.11 Å². The Labute approximate surface area is 78.9 Å². The summed E-state index contributed by atoms with van der Waals surface area (Å²) >= 11 is 0. The van der Waals surface area contributed by atoms with Crippen LogP contribution in [0, 0.1) is 6.92 Å². The topological polar surface area (TPSA) is 48.1 Å². The fourth-order valence-corrected chi connectivity index (χ4v) is 1.27. The molecule has 0 aliphatic rings. The second kappa shape index (κ2) is 4.23. The molecular formula is C10H16N2O. The lowest BCUT2D eigenvalue weighted by molar-refractivity contribution is 0.396. The van der Waals surface area contributed by atoms with Crippen molar-refractivity contribution in [2.75, 3.05) is 7.11 Å². The van der Waals surface area contributed by atoms with E-state index in [-0.39, 0.29) is 6.04 Å². The van der Waals surface area contributed by atoms with Crippen molar-refractivity contribution in [2.24, 2.45) is 5.73 Å². The van der Waals surface area contributed by atoms with E-state index in [4.69, 9.17) is 10.5 Å². The molecule has 72 valence electrons. The van der Waals surface area contributed by atoms with E-state index in [1.807, 2.05) is 19.1 Å². The van der Waals surface area contributed by atoms with Crippen LogP contribution in [0.25, 0.3) is 0 Å². The van der Waals surface area contributed by atoms with Gasteiger partial charge in [-0.15, -0.1) is 0 Å². The fraction of sp³-hybridized carbons (Fsp3) is 0.500. The van der Waals surface area contributed by atoms with Crippen molar-refractivity contribution >= 4 is 0 Å². The third-order valence-electron chi connectivity index (χ3n) is 2.15. The molecule has 3 heteroatoms. The first kappa shape index (κ1) is 9.99. The van der Waals surface area contributed by atoms with Crippen LogP contribution in [0.5, 0.6) is 5.88 Å². The van der Waals surface area contributed by atoms with E-state index in [0.29, 0.717) is 5.88 Å². The zero-order valence-corrected chi connectivity index (χ0v) is 8.37. The van der Waals surface area contributed by atoms with Gasteiger partial charge in [0, 0.05) is 17.8 Å². The molecule has 0 saturated carbocycles. The van der Waals surface area contributed by atoms with Gasteiger partial charge in [0.15, 0.2) is 0 Å². The molecule has 0 unspecified atom stereocenters. The lowest BCUT2D eigenvalue weighted by Crippen LogP contribution is -2.11. The SMILES string of the molecule is CC[C@@H](N)c1ccc(OC)nc1C. The summed E-state index contributed by atoms with van der Waals surface area (Å²) < 4.78 is 5.01. The van der Waals surface area contributed by atoms with E-state index in [0.717, 1.165) is 17.7 Å². The molecule has 0 fully saturated rings. The van der Waals surface area contributed by atoms with Gasteiger partial charge in [-0.1, -0.05) is 13.0 Å². The highest BCUT2D eigenvalue weighted by Crippen LogP contribution is 2.19. The second-order valence-electron chi connectivity index (χ2n) is 3.04. The third-order valence-corrected chi connectivity index (χ3v) is 2.15. The number of aromatic nitrogens is 1. The monoisotopic (exact) mass is 180 g/mol. The zero-order valence-electron chi connectivity index (χ0n) is 8.37. The third kappa shape index (κ3) is 2.18. The van der Waals surface area contributed by atoms with E-state index in [1.165, 1.54) is 0 Å². The predicted molar refractivity (Wildman–Crippen MR) is 52.7 cm³/mol. The van der Waals surface area contributed by atoms with E-state index in [2.05, 4.69) is 11.9 Å². The number of hydrogen-bond acceptors (Lipinski definition) is 3. The maximum atomic E-state index is 5.91. The Bertz CT molecular complexity index is 286. The quantitative estimate of drug-likeness (QED) is 0.771. The van der Waals surface area contributed by atoms with Crippen LogP contribution < -0.4 is 10.5 Å². The van der Waals surface area contributed by atoms with Gasteiger partial charge < -0.3 is 10.5 Å². The summed E-state index contributed by atoms with van der Waals surface area (Å²) in [5.74, 6) is 0.643. The highest BCUT2D eigenvalue weighted by Gasteiger charge is 2.08. The van der Waals surface area contributed by atoms with Gasteiger partial charge in [-0.25, -0.2) is 4.98 Å². The lowest BCUT2D eigenvalue weighted by Gasteiger charge is -2.12. The van der Waals surface area contributed by atoms with Crippen LogP contribution in [0.4, 0.5) is 0 Å². The van der Waals surface area contributed by atoms with Gasteiger partial charge in [0.1, 0.15) is 0 Å². The van der Waals surface area contributed by atoms with Gasteiger partial charge in [0.2, 0.25) is 5.88 Å². The van der Waals surface area contributed by atoms with E-state index >= 15 is 0 Å². The lowest BCUT2D eigenvalue weighted by atomic mass is 10.0. The average Bonchev–Trinajstić information content (AvgIpc) is 2.16. The maximum absolute atomic E-state index is 5.91. The first-order valence-corrected chi connectivity index (χ1v) is 4.46. The van der Waals surface area contributed by atoms with Crippen molar-refractivity contribution in [3.05, 3.63) is 23.4 Å². The van der Waals surface area contributed by atoms with Gasteiger partial charge in [-0.2, -0.15) is 0 Å². The minimum atomic E-state index is 0.0819. The smallest absolute Gasteiger partial charge is 0.213 e. The predicted octanol–water partition coefficient (Wildman–Crippen LogP) is 1.81.